The summed E-state index contributed by atoms with van der Waals surface area (Å²) in [6.45, 7) is 0.468. The number of aromatic nitrogens is 1. The lowest BCUT2D eigenvalue weighted by molar-refractivity contribution is 0.0770. The van der Waals surface area contributed by atoms with E-state index in [4.69, 9.17) is 5.84 Å². The van der Waals surface area contributed by atoms with Crippen molar-refractivity contribution in [2.24, 2.45) is 5.84 Å². The first kappa shape index (κ1) is 12.8. The summed E-state index contributed by atoms with van der Waals surface area (Å²) in [7, 11) is -2.98. The van der Waals surface area contributed by atoms with Gasteiger partial charge in [-0.2, -0.15) is 0 Å². The van der Waals surface area contributed by atoms with Crippen molar-refractivity contribution in [1.29, 1.82) is 0 Å². The number of nitrogens with one attached hydrogen (secondary N) is 1. The minimum atomic E-state index is -2.98. The topological polar surface area (TPSA) is 105 Å². The minimum Gasteiger partial charge on any atom is -0.337 e. The summed E-state index contributed by atoms with van der Waals surface area (Å²) in [6.07, 6.45) is 1.42. The third-order valence-corrected chi connectivity index (χ3v) is 4.40. The van der Waals surface area contributed by atoms with Gasteiger partial charge in [0.15, 0.2) is 9.84 Å². The van der Waals surface area contributed by atoms with Gasteiger partial charge in [-0.25, -0.2) is 19.2 Å². The van der Waals surface area contributed by atoms with Crippen LogP contribution in [0.3, 0.4) is 0 Å². The van der Waals surface area contributed by atoms with E-state index in [1.807, 2.05) is 0 Å². The number of nitrogen functional groups attached to an aromatic ring is 1. The van der Waals surface area contributed by atoms with Crippen LogP contribution in [0.1, 0.15) is 10.4 Å². The molecule has 0 radical (unpaired) electrons. The van der Waals surface area contributed by atoms with Gasteiger partial charge in [0.1, 0.15) is 5.82 Å². The van der Waals surface area contributed by atoms with E-state index in [1.165, 1.54) is 11.1 Å². The molecule has 98 valence electrons. The molecule has 7 nitrogen and oxygen atoms in total. The van der Waals surface area contributed by atoms with Crippen LogP contribution >= 0.6 is 0 Å². The van der Waals surface area contributed by atoms with E-state index in [-0.39, 0.29) is 30.5 Å². The van der Waals surface area contributed by atoms with Gasteiger partial charge in [-0.1, -0.05) is 0 Å². The van der Waals surface area contributed by atoms with Gasteiger partial charge in [-0.3, -0.25) is 4.79 Å². The number of anilines is 1. The summed E-state index contributed by atoms with van der Waals surface area (Å²) in [5.41, 5.74) is 2.79. The Morgan fingerprint density at radius 2 is 2.00 bits per heavy atom. The minimum absolute atomic E-state index is 0.0224. The number of rotatable bonds is 2. The van der Waals surface area contributed by atoms with Crippen molar-refractivity contribution in [3.8, 4) is 0 Å². The monoisotopic (exact) mass is 270 g/mol. The van der Waals surface area contributed by atoms with Crippen molar-refractivity contribution in [3.63, 3.8) is 0 Å². The Hall–Kier alpha value is -1.67. The third kappa shape index (κ3) is 2.77. The molecular formula is C10H14N4O3S. The first-order chi connectivity index (χ1) is 8.52. The van der Waals surface area contributed by atoms with Crippen LogP contribution in [-0.2, 0) is 9.84 Å². The molecule has 1 aromatic rings. The van der Waals surface area contributed by atoms with Crippen LogP contribution in [0.4, 0.5) is 5.82 Å². The van der Waals surface area contributed by atoms with Crippen molar-refractivity contribution in [2.75, 3.05) is 30.0 Å². The van der Waals surface area contributed by atoms with Crippen LogP contribution in [-0.4, -0.2) is 48.8 Å². The summed E-state index contributed by atoms with van der Waals surface area (Å²) >= 11 is 0. The van der Waals surface area contributed by atoms with Crippen molar-refractivity contribution in [1.82, 2.24) is 9.88 Å². The smallest absolute Gasteiger partial charge is 0.255 e. The van der Waals surface area contributed by atoms with Crippen molar-refractivity contribution in [2.45, 2.75) is 0 Å². The normalized spacial score (nSPS) is 18.4. The SMILES string of the molecule is NNc1ccc(C(=O)N2CCS(=O)(=O)CC2)cn1. The second-order valence-electron chi connectivity index (χ2n) is 4.02. The molecule has 0 spiro atoms. The molecule has 1 amide bonds. The molecule has 18 heavy (non-hydrogen) atoms. The number of nitrogens with zero attached hydrogens (tertiary/aromatic N) is 2. The average Bonchev–Trinajstić information content (AvgIpc) is 2.38. The van der Waals surface area contributed by atoms with E-state index in [9.17, 15) is 13.2 Å². The van der Waals surface area contributed by atoms with Crippen LogP contribution in [0.5, 0.6) is 0 Å². The quantitative estimate of drug-likeness (QED) is 0.540. The lowest BCUT2D eigenvalue weighted by Gasteiger charge is -2.26. The molecule has 0 unspecified atom stereocenters. The van der Waals surface area contributed by atoms with Gasteiger partial charge in [0.2, 0.25) is 0 Å². The molecule has 8 heteroatoms. The van der Waals surface area contributed by atoms with E-state index in [0.29, 0.717) is 11.4 Å². The average molecular weight is 270 g/mol. The zero-order valence-electron chi connectivity index (χ0n) is 9.67. The number of amides is 1. The molecule has 0 saturated carbocycles. The number of pyridine rings is 1. The number of hydrogen-bond acceptors (Lipinski definition) is 6. The molecule has 1 aliphatic heterocycles. The molecule has 1 fully saturated rings. The predicted molar refractivity (Wildman–Crippen MR) is 66.6 cm³/mol. The van der Waals surface area contributed by atoms with Gasteiger partial charge in [-0.05, 0) is 12.1 Å². The second kappa shape index (κ2) is 4.91. The summed E-state index contributed by atoms with van der Waals surface area (Å²) in [5, 5.41) is 0. The number of carbonyl (C=O) groups excluding carboxylic acids is 1. The van der Waals surface area contributed by atoms with E-state index in [1.54, 1.807) is 12.1 Å². The Kier molecular flexibility index (Phi) is 3.48. The maximum atomic E-state index is 12.0. The highest BCUT2D eigenvalue weighted by Crippen LogP contribution is 2.10. The fraction of sp³-hybridized carbons (Fsp3) is 0.400. The molecule has 3 N–H and O–H groups in total. The lowest BCUT2D eigenvalue weighted by Crippen LogP contribution is -2.43. The molecule has 1 saturated heterocycles. The van der Waals surface area contributed by atoms with Crippen molar-refractivity contribution in [3.05, 3.63) is 23.9 Å². The highest BCUT2D eigenvalue weighted by molar-refractivity contribution is 7.91. The summed E-state index contributed by atoms with van der Waals surface area (Å²) in [4.78, 5) is 17.5. The van der Waals surface area contributed by atoms with Gasteiger partial charge in [0.05, 0.1) is 17.1 Å². The van der Waals surface area contributed by atoms with Gasteiger partial charge < -0.3 is 10.3 Å². The summed E-state index contributed by atoms with van der Waals surface area (Å²) < 4.78 is 22.5. The highest BCUT2D eigenvalue weighted by atomic mass is 32.2. The molecular weight excluding hydrogens is 256 g/mol. The van der Waals surface area contributed by atoms with E-state index in [0.717, 1.165) is 0 Å². The Morgan fingerprint density at radius 3 is 2.50 bits per heavy atom. The number of sulfone groups is 1. The van der Waals surface area contributed by atoms with Crippen molar-refractivity contribution >= 4 is 21.6 Å². The van der Waals surface area contributed by atoms with Crippen LogP contribution < -0.4 is 11.3 Å². The molecule has 2 rings (SSSR count). The van der Waals surface area contributed by atoms with Crippen molar-refractivity contribution < 1.29 is 13.2 Å². The molecule has 0 bridgehead atoms. The Bertz CT molecular complexity index is 527. The largest absolute Gasteiger partial charge is 0.337 e. The fourth-order valence-electron chi connectivity index (χ4n) is 1.70. The second-order valence-corrected chi connectivity index (χ2v) is 6.32. The Labute approximate surface area is 105 Å². The molecule has 2 heterocycles. The predicted octanol–water partition coefficient (Wildman–Crippen LogP) is -0.762. The van der Waals surface area contributed by atoms with Crippen LogP contribution in [0.2, 0.25) is 0 Å². The van der Waals surface area contributed by atoms with E-state index in [2.05, 4.69) is 10.4 Å². The summed E-state index contributed by atoms with van der Waals surface area (Å²) in [6, 6.07) is 3.20. The maximum Gasteiger partial charge on any atom is 0.255 e. The number of hydrogen-bond donors (Lipinski definition) is 2. The zero-order chi connectivity index (χ0) is 13.2. The fourth-order valence-corrected chi connectivity index (χ4v) is 2.91. The highest BCUT2D eigenvalue weighted by Gasteiger charge is 2.25. The molecule has 0 aromatic carbocycles. The lowest BCUT2D eigenvalue weighted by atomic mass is 10.2. The zero-order valence-corrected chi connectivity index (χ0v) is 10.5. The van der Waals surface area contributed by atoms with Crippen LogP contribution in [0.25, 0.3) is 0 Å². The first-order valence-electron chi connectivity index (χ1n) is 5.44. The van der Waals surface area contributed by atoms with Crippen LogP contribution in [0, 0.1) is 0 Å². The molecule has 1 aromatic heterocycles. The number of hydrazine groups is 1. The third-order valence-electron chi connectivity index (χ3n) is 2.79. The number of nitrogens with two attached hydrogens (primary N) is 1. The first-order valence-corrected chi connectivity index (χ1v) is 7.26. The van der Waals surface area contributed by atoms with Gasteiger partial charge >= 0.3 is 0 Å². The number of carbonyl (C=O) groups is 1. The van der Waals surface area contributed by atoms with Gasteiger partial charge in [0.25, 0.3) is 5.91 Å². The van der Waals surface area contributed by atoms with E-state index < -0.39 is 9.84 Å². The maximum absolute atomic E-state index is 12.0. The van der Waals surface area contributed by atoms with Crippen LogP contribution in [0.15, 0.2) is 18.3 Å². The molecule has 0 aliphatic carbocycles. The molecule has 1 aliphatic rings. The Balaban J connectivity index is 2.07. The van der Waals surface area contributed by atoms with Gasteiger partial charge in [-0.15, -0.1) is 0 Å². The van der Waals surface area contributed by atoms with E-state index >= 15 is 0 Å². The Morgan fingerprint density at radius 1 is 1.33 bits per heavy atom. The van der Waals surface area contributed by atoms with Gasteiger partial charge in [0, 0.05) is 19.3 Å². The summed E-state index contributed by atoms with van der Waals surface area (Å²) in [5.74, 6) is 5.48. The molecule has 0 atom stereocenters. The standard InChI is InChI=1S/C10H14N4O3S/c11-13-9-2-1-8(7-12-9)10(15)14-3-5-18(16,17)6-4-14/h1-2,7H,3-6,11H2,(H,12,13).